The number of amides is 1. The van der Waals surface area contributed by atoms with Gasteiger partial charge in [0.25, 0.3) is 5.91 Å². The SMILES string of the molecule is COc1cc(/C=C(\C#N)C(=O)Nc2nc3ccccc3s2)ccc1OCCOc1ccccc1. The van der Waals surface area contributed by atoms with Gasteiger partial charge >= 0.3 is 0 Å². The molecular weight excluding hydrogens is 450 g/mol. The quantitative estimate of drug-likeness (QED) is 0.202. The topological polar surface area (TPSA) is 93.5 Å². The van der Waals surface area contributed by atoms with Gasteiger partial charge in [-0.05, 0) is 48.0 Å². The summed E-state index contributed by atoms with van der Waals surface area (Å²) in [5, 5.41) is 12.7. The first-order valence-electron chi connectivity index (χ1n) is 10.4. The molecule has 8 heteroatoms. The Balaban J connectivity index is 1.40. The van der Waals surface area contributed by atoms with Gasteiger partial charge in [0.15, 0.2) is 16.6 Å². The zero-order valence-corrected chi connectivity index (χ0v) is 19.2. The number of methoxy groups -OCH3 is 1. The van der Waals surface area contributed by atoms with Crippen molar-refractivity contribution in [3.8, 4) is 23.3 Å². The molecule has 1 heterocycles. The molecule has 170 valence electrons. The van der Waals surface area contributed by atoms with E-state index in [0.29, 0.717) is 35.4 Å². The predicted molar refractivity (Wildman–Crippen MR) is 132 cm³/mol. The summed E-state index contributed by atoms with van der Waals surface area (Å²) in [5.74, 6) is 1.26. The number of thiazole rings is 1. The van der Waals surface area contributed by atoms with Crippen molar-refractivity contribution in [1.29, 1.82) is 5.26 Å². The molecule has 0 saturated carbocycles. The largest absolute Gasteiger partial charge is 0.493 e. The van der Waals surface area contributed by atoms with Crippen molar-refractivity contribution in [2.24, 2.45) is 0 Å². The molecule has 0 fully saturated rings. The molecule has 4 aromatic rings. The molecule has 1 amide bonds. The van der Waals surface area contributed by atoms with Gasteiger partial charge in [0.2, 0.25) is 0 Å². The van der Waals surface area contributed by atoms with Crippen molar-refractivity contribution in [3.05, 3.63) is 83.9 Å². The van der Waals surface area contributed by atoms with Crippen LogP contribution in [0.25, 0.3) is 16.3 Å². The molecule has 1 N–H and O–H groups in total. The summed E-state index contributed by atoms with van der Waals surface area (Å²) in [6.45, 7) is 0.702. The van der Waals surface area contributed by atoms with Crippen molar-refractivity contribution in [2.75, 3.05) is 25.6 Å². The first-order valence-corrected chi connectivity index (χ1v) is 11.3. The van der Waals surface area contributed by atoms with Gasteiger partial charge < -0.3 is 14.2 Å². The molecule has 7 nitrogen and oxygen atoms in total. The Morgan fingerprint density at radius 2 is 1.79 bits per heavy atom. The van der Waals surface area contributed by atoms with Crippen molar-refractivity contribution in [1.82, 2.24) is 4.98 Å². The fraction of sp³-hybridized carbons (Fsp3) is 0.115. The Hall–Kier alpha value is -4.35. The highest BCUT2D eigenvalue weighted by Crippen LogP contribution is 2.29. The van der Waals surface area contributed by atoms with E-state index < -0.39 is 5.91 Å². The van der Waals surface area contributed by atoms with Crippen LogP contribution in [0.15, 0.2) is 78.4 Å². The van der Waals surface area contributed by atoms with Gasteiger partial charge in [0.1, 0.15) is 30.6 Å². The van der Waals surface area contributed by atoms with Crippen molar-refractivity contribution in [3.63, 3.8) is 0 Å². The van der Waals surface area contributed by atoms with Crippen LogP contribution in [0, 0.1) is 11.3 Å². The van der Waals surface area contributed by atoms with E-state index in [4.69, 9.17) is 14.2 Å². The number of carbonyl (C=O) groups excluding carboxylic acids is 1. The smallest absolute Gasteiger partial charge is 0.268 e. The lowest BCUT2D eigenvalue weighted by atomic mass is 10.1. The van der Waals surface area contributed by atoms with Crippen LogP contribution in [-0.4, -0.2) is 31.2 Å². The van der Waals surface area contributed by atoms with Crippen LogP contribution in [0.5, 0.6) is 17.2 Å². The summed E-state index contributed by atoms with van der Waals surface area (Å²) in [7, 11) is 1.53. The molecule has 0 unspecified atom stereocenters. The van der Waals surface area contributed by atoms with Crippen LogP contribution in [0.1, 0.15) is 5.56 Å². The second-order valence-electron chi connectivity index (χ2n) is 7.03. The van der Waals surface area contributed by atoms with Gasteiger partial charge in [-0.1, -0.05) is 47.7 Å². The number of hydrogen-bond donors (Lipinski definition) is 1. The van der Waals surface area contributed by atoms with Gasteiger partial charge in [-0.3, -0.25) is 10.1 Å². The summed E-state index contributed by atoms with van der Waals surface area (Å²) in [4.78, 5) is 17.0. The summed E-state index contributed by atoms with van der Waals surface area (Å²) in [6, 6.07) is 24.2. The van der Waals surface area contributed by atoms with Gasteiger partial charge in [0, 0.05) is 0 Å². The molecule has 34 heavy (non-hydrogen) atoms. The standard InChI is InChI=1S/C26H21N3O4S/c1-31-23-16-18(11-12-22(23)33-14-13-32-20-7-3-2-4-8-20)15-19(17-27)25(30)29-26-28-21-9-5-6-10-24(21)34-26/h2-12,15-16H,13-14H2,1H3,(H,28,29,30)/b19-15+. The molecule has 0 radical (unpaired) electrons. The zero-order valence-electron chi connectivity index (χ0n) is 18.4. The number of anilines is 1. The Morgan fingerprint density at radius 1 is 1.03 bits per heavy atom. The number of benzene rings is 3. The normalized spacial score (nSPS) is 11.0. The molecule has 0 atom stereocenters. The minimum Gasteiger partial charge on any atom is -0.493 e. The minimum absolute atomic E-state index is 0.0498. The number of nitrogens with one attached hydrogen (secondary N) is 1. The van der Waals surface area contributed by atoms with Crippen LogP contribution in [0.3, 0.4) is 0 Å². The number of aromatic nitrogens is 1. The van der Waals surface area contributed by atoms with Gasteiger partial charge in [-0.25, -0.2) is 4.98 Å². The monoisotopic (exact) mass is 471 g/mol. The molecule has 0 aliphatic carbocycles. The predicted octanol–water partition coefficient (Wildman–Crippen LogP) is 5.31. The first-order chi connectivity index (χ1) is 16.7. The Bertz CT molecular complexity index is 1330. The third-order valence-corrected chi connectivity index (χ3v) is 5.68. The Labute approximate surface area is 200 Å². The van der Waals surface area contributed by atoms with E-state index in [1.165, 1.54) is 24.5 Å². The summed E-state index contributed by atoms with van der Waals surface area (Å²) in [6.07, 6.45) is 1.49. The molecule has 0 bridgehead atoms. The zero-order chi connectivity index (χ0) is 23.8. The van der Waals surface area contributed by atoms with Gasteiger partial charge in [-0.2, -0.15) is 5.26 Å². The van der Waals surface area contributed by atoms with Gasteiger partial charge in [0.05, 0.1) is 17.3 Å². The summed E-state index contributed by atoms with van der Waals surface area (Å²) < 4.78 is 17.8. The second kappa shape index (κ2) is 11.0. The average molecular weight is 472 g/mol. The minimum atomic E-state index is -0.529. The molecular formula is C26H21N3O4S. The van der Waals surface area contributed by atoms with Crippen LogP contribution >= 0.6 is 11.3 Å². The third-order valence-electron chi connectivity index (χ3n) is 4.73. The van der Waals surface area contributed by atoms with E-state index in [1.807, 2.05) is 60.7 Å². The fourth-order valence-electron chi connectivity index (χ4n) is 3.13. The lowest BCUT2D eigenvalue weighted by molar-refractivity contribution is -0.112. The van der Waals surface area contributed by atoms with E-state index in [9.17, 15) is 10.1 Å². The van der Waals surface area contributed by atoms with E-state index in [1.54, 1.807) is 18.2 Å². The van der Waals surface area contributed by atoms with E-state index in [2.05, 4.69) is 10.3 Å². The fourth-order valence-corrected chi connectivity index (χ4v) is 3.99. The number of nitriles is 1. The highest BCUT2D eigenvalue weighted by molar-refractivity contribution is 7.22. The lowest BCUT2D eigenvalue weighted by Crippen LogP contribution is -2.13. The third kappa shape index (κ3) is 5.71. The number of hydrogen-bond acceptors (Lipinski definition) is 7. The molecule has 1 aromatic heterocycles. The maximum absolute atomic E-state index is 12.6. The van der Waals surface area contributed by atoms with E-state index in [-0.39, 0.29) is 5.57 Å². The Morgan fingerprint density at radius 3 is 2.56 bits per heavy atom. The summed E-state index contributed by atoms with van der Waals surface area (Å²) in [5.41, 5.74) is 1.37. The van der Waals surface area contributed by atoms with Crippen molar-refractivity contribution < 1.29 is 19.0 Å². The maximum Gasteiger partial charge on any atom is 0.268 e. The molecule has 3 aromatic carbocycles. The van der Waals surface area contributed by atoms with Crippen molar-refractivity contribution in [2.45, 2.75) is 0 Å². The number of para-hydroxylation sites is 2. The molecule has 0 aliphatic rings. The molecule has 0 spiro atoms. The highest BCUT2D eigenvalue weighted by atomic mass is 32.1. The van der Waals surface area contributed by atoms with Crippen LogP contribution in [0.4, 0.5) is 5.13 Å². The Kier molecular flexibility index (Phi) is 7.38. The number of fused-ring (bicyclic) bond motifs is 1. The second-order valence-corrected chi connectivity index (χ2v) is 8.06. The lowest BCUT2D eigenvalue weighted by Gasteiger charge is -2.12. The highest BCUT2D eigenvalue weighted by Gasteiger charge is 2.13. The van der Waals surface area contributed by atoms with Crippen LogP contribution < -0.4 is 19.5 Å². The summed E-state index contributed by atoms with van der Waals surface area (Å²) >= 11 is 1.35. The van der Waals surface area contributed by atoms with Crippen LogP contribution in [-0.2, 0) is 4.79 Å². The van der Waals surface area contributed by atoms with E-state index in [0.717, 1.165) is 16.0 Å². The van der Waals surface area contributed by atoms with Crippen molar-refractivity contribution >= 4 is 38.7 Å². The number of ether oxygens (including phenoxy) is 3. The molecule has 0 aliphatic heterocycles. The van der Waals surface area contributed by atoms with Crippen LogP contribution in [0.2, 0.25) is 0 Å². The number of rotatable bonds is 9. The van der Waals surface area contributed by atoms with E-state index >= 15 is 0 Å². The number of carbonyl (C=O) groups is 1. The number of nitrogens with zero attached hydrogens (tertiary/aromatic N) is 2. The first kappa shape index (κ1) is 22.8. The molecule has 0 saturated heterocycles. The maximum atomic E-state index is 12.6. The molecule has 4 rings (SSSR count). The van der Waals surface area contributed by atoms with Gasteiger partial charge in [-0.15, -0.1) is 0 Å². The average Bonchev–Trinajstić information content (AvgIpc) is 3.28.